The number of allylic oxidation sites excluding steroid dienone is 1. The third-order valence-electron chi connectivity index (χ3n) is 5.09. The summed E-state index contributed by atoms with van der Waals surface area (Å²) in [6.07, 6.45) is 5.44. The van der Waals surface area contributed by atoms with Crippen LogP contribution in [0.2, 0.25) is 0 Å². The molecule has 30 heavy (non-hydrogen) atoms. The Morgan fingerprint density at radius 1 is 0.867 bits per heavy atom. The molecule has 0 unspecified atom stereocenters. The van der Waals surface area contributed by atoms with Crippen LogP contribution in [0.1, 0.15) is 41.3 Å². The molecule has 0 saturated heterocycles. The molecule has 0 N–H and O–H groups in total. The second-order valence-corrected chi connectivity index (χ2v) is 7.55. The molecule has 0 radical (unpaired) electrons. The lowest BCUT2D eigenvalue weighted by Gasteiger charge is -2.05. The van der Waals surface area contributed by atoms with Crippen LogP contribution >= 0.6 is 0 Å². The summed E-state index contributed by atoms with van der Waals surface area (Å²) in [4.78, 5) is 12.7. The van der Waals surface area contributed by atoms with Crippen molar-refractivity contribution in [2.75, 3.05) is 0 Å². The zero-order valence-corrected chi connectivity index (χ0v) is 17.2. The van der Waals surface area contributed by atoms with E-state index in [2.05, 4.69) is 13.8 Å². The minimum atomic E-state index is -0.0169. The van der Waals surface area contributed by atoms with Crippen molar-refractivity contribution in [1.82, 2.24) is 9.78 Å². The van der Waals surface area contributed by atoms with Gasteiger partial charge in [0.1, 0.15) is 0 Å². The van der Waals surface area contributed by atoms with Gasteiger partial charge in [0.05, 0.1) is 11.4 Å². The molecule has 0 aliphatic carbocycles. The lowest BCUT2D eigenvalue weighted by Crippen LogP contribution is -1.95. The largest absolute Gasteiger partial charge is 0.289 e. The van der Waals surface area contributed by atoms with Crippen molar-refractivity contribution < 1.29 is 4.79 Å². The molecule has 0 aliphatic rings. The SMILES string of the molecule is CC(C)c1ccc(C(=O)/C=C/c2cn(-c3ccccc3)nc2-c2ccccc2)cc1. The van der Waals surface area contributed by atoms with Crippen LogP contribution in [0.3, 0.4) is 0 Å². The highest BCUT2D eigenvalue weighted by Gasteiger charge is 2.11. The molecule has 0 amide bonds. The minimum absolute atomic E-state index is 0.0169. The summed E-state index contributed by atoms with van der Waals surface area (Å²) >= 11 is 0. The van der Waals surface area contributed by atoms with Gasteiger partial charge in [-0.25, -0.2) is 4.68 Å². The maximum atomic E-state index is 12.7. The smallest absolute Gasteiger partial charge is 0.185 e. The monoisotopic (exact) mass is 392 g/mol. The third kappa shape index (κ3) is 4.31. The van der Waals surface area contributed by atoms with E-state index in [4.69, 9.17) is 5.10 Å². The van der Waals surface area contributed by atoms with E-state index in [-0.39, 0.29) is 5.78 Å². The molecule has 0 fully saturated rings. The fourth-order valence-electron chi connectivity index (χ4n) is 3.34. The summed E-state index contributed by atoms with van der Waals surface area (Å²) in [6, 6.07) is 27.8. The molecule has 0 bridgehead atoms. The molecule has 0 spiro atoms. The van der Waals surface area contributed by atoms with Gasteiger partial charge in [-0.2, -0.15) is 5.10 Å². The van der Waals surface area contributed by atoms with Gasteiger partial charge >= 0.3 is 0 Å². The molecule has 0 atom stereocenters. The van der Waals surface area contributed by atoms with E-state index >= 15 is 0 Å². The number of nitrogens with zero attached hydrogens (tertiary/aromatic N) is 2. The van der Waals surface area contributed by atoms with Crippen LogP contribution in [0.15, 0.2) is 97.2 Å². The topological polar surface area (TPSA) is 34.9 Å². The average molecular weight is 393 g/mol. The van der Waals surface area contributed by atoms with Crippen LogP contribution in [0, 0.1) is 0 Å². The first-order valence-electron chi connectivity index (χ1n) is 10.1. The first-order valence-corrected chi connectivity index (χ1v) is 10.1. The highest BCUT2D eigenvalue weighted by atomic mass is 16.1. The van der Waals surface area contributed by atoms with E-state index in [1.165, 1.54) is 5.56 Å². The summed E-state index contributed by atoms with van der Waals surface area (Å²) in [6.45, 7) is 4.29. The van der Waals surface area contributed by atoms with Crippen molar-refractivity contribution in [1.29, 1.82) is 0 Å². The van der Waals surface area contributed by atoms with Crippen LogP contribution in [0.25, 0.3) is 23.0 Å². The number of hydrogen-bond acceptors (Lipinski definition) is 2. The molecule has 4 rings (SSSR count). The van der Waals surface area contributed by atoms with Crippen LogP contribution in [-0.2, 0) is 0 Å². The fourth-order valence-corrected chi connectivity index (χ4v) is 3.34. The number of benzene rings is 3. The second-order valence-electron chi connectivity index (χ2n) is 7.55. The van der Waals surface area contributed by atoms with Gasteiger partial charge in [0.25, 0.3) is 0 Å². The molecule has 3 aromatic carbocycles. The van der Waals surface area contributed by atoms with Crippen molar-refractivity contribution in [3.05, 3.63) is 114 Å². The quantitative estimate of drug-likeness (QED) is 0.275. The molecular weight excluding hydrogens is 368 g/mol. The molecule has 0 saturated carbocycles. The molecule has 148 valence electrons. The van der Waals surface area contributed by atoms with E-state index in [1.807, 2.05) is 102 Å². The predicted octanol–water partition coefficient (Wildman–Crippen LogP) is 6.56. The Morgan fingerprint density at radius 2 is 1.50 bits per heavy atom. The molecule has 1 heterocycles. The Kier molecular flexibility index (Phi) is 5.71. The van der Waals surface area contributed by atoms with Crippen molar-refractivity contribution in [2.24, 2.45) is 0 Å². The van der Waals surface area contributed by atoms with Crippen LogP contribution in [0.5, 0.6) is 0 Å². The zero-order chi connectivity index (χ0) is 20.9. The van der Waals surface area contributed by atoms with Gasteiger partial charge in [-0.05, 0) is 35.8 Å². The summed E-state index contributed by atoms with van der Waals surface area (Å²) in [5.41, 5.74) is 5.65. The molecule has 1 aromatic heterocycles. The summed E-state index contributed by atoms with van der Waals surface area (Å²) < 4.78 is 1.85. The number of hydrogen-bond donors (Lipinski definition) is 0. The normalized spacial score (nSPS) is 11.3. The standard InChI is InChI=1S/C27H24N2O/c1-20(2)21-13-15-22(16-14-21)26(30)18-17-24-19-29(25-11-7-4-8-12-25)28-27(24)23-9-5-3-6-10-23/h3-20H,1-2H3/b18-17+. The highest BCUT2D eigenvalue weighted by molar-refractivity contribution is 6.07. The number of aromatic nitrogens is 2. The van der Waals surface area contributed by atoms with Gasteiger partial charge in [0.2, 0.25) is 0 Å². The number of para-hydroxylation sites is 1. The van der Waals surface area contributed by atoms with Crippen LogP contribution in [-0.4, -0.2) is 15.6 Å². The van der Waals surface area contributed by atoms with Gasteiger partial charge < -0.3 is 0 Å². The Balaban J connectivity index is 1.67. The van der Waals surface area contributed by atoms with Gasteiger partial charge in [0, 0.05) is 22.9 Å². The highest BCUT2D eigenvalue weighted by Crippen LogP contribution is 2.25. The van der Waals surface area contributed by atoms with Gasteiger partial charge in [-0.3, -0.25) is 4.79 Å². The summed E-state index contributed by atoms with van der Waals surface area (Å²) in [5.74, 6) is 0.429. The van der Waals surface area contributed by atoms with Crippen molar-refractivity contribution >= 4 is 11.9 Å². The lowest BCUT2D eigenvalue weighted by atomic mass is 10.00. The maximum absolute atomic E-state index is 12.7. The van der Waals surface area contributed by atoms with Crippen molar-refractivity contribution in [3.63, 3.8) is 0 Å². The van der Waals surface area contributed by atoms with E-state index < -0.39 is 0 Å². The Morgan fingerprint density at radius 3 is 2.13 bits per heavy atom. The Bertz CT molecular complexity index is 1150. The lowest BCUT2D eigenvalue weighted by molar-refractivity contribution is 0.104. The molecule has 4 aromatic rings. The molecule has 3 nitrogen and oxygen atoms in total. The summed E-state index contributed by atoms with van der Waals surface area (Å²) in [7, 11) is 0. The zero-order valence-electron chi connectivity index (χ0n) is 17.2. The van der Waals surface area contributed by atoms with E-state index in [0.29, 0.717) is 11.5 Å². The van der Waals surface area contributed by atoms with Gasteiger partial charge in [-0.15, -0.1) is 0 Å². The maximum Gasteiger partial charge on any atom is 0.185 e. The molecular formula is C27H24N2O. The Labute approximate surface area is 177 Å². The Hall–Kier alpha value is -3.72. The first-order chi connectivity index (χ1) is 14.6. The van der Waals surface area contributed by atoms with E-state index in [9.17, 15) is 4.79 Å². The second kappa shape index (κ2) is 8.75. The average Bonchev–Trinajstić information content (AvgIpc) is 3.23. The van der Waals surface area contributed by atoms with Crippen molar-refractivity contribution in [3.8, 4) is 16.9 Å². The van der Waals surface area contributed by atoms with E-state index in [1.54, 1.807) is 6.08 Å². The number of ketones is 1. The van der Waals surface area contributed by atoms with Crippen LogP contribution < -0.4 is 0 Å². The number of carbonyl (C=O) groups excluding carboxylic acids is 1. The predicted molar refractivity (Wildman–Crippen MR) is 123 cm³/mol. The number of carbonyl (C=O) groups is 1. The van der Waals surface area contributed by atoms with Crippen LogP contribution in [0.4, 0.5) is 0 Å². The third-order valence-corrected chi connectivity index (χ3v) is 5.09. The van der Waals surface area contributed by atoms with E-state index in [0.717, 1.165) is 22.5 Å². The molecule has 3 heteroatoms. The fraction of sp³-hybridized carbons (Fsp3) is 0.111. The van der Waals surface area contributed by atoms with Gasteiger partial charge in [0.15, 0.2) is 5.78 Å². The minimum Gasteiger partial charge on any atom is -0.289 e. The first kappa shape index (κ1) is 19.6. The number of rotatable bonds is 6. The summed E-state index contributed by atoms with van der Waals surface area (Å²) in [5, 5.41) is 4.79. The molecule has 0 aliphatic heterocycles. The van der Waals surface area contributed by atoms with Crippen molar-refractivity contribution in [2.45, 2.75) is 19.8 Å². The van der Waals surface area contributed by atoms with Gasteiger partial charge in [-0.1, -0.05) is 86.6 Å².